The number of ether oxygens (including phenoxy) is 3. The zero-order valence-corrected chi connectivity index (χ0v) is 17.0. The van der Waals surface area contributed by atoms with Gasteiger partial charge in [-0.3, -0.25) is 0 Å². The molecule has 0 bridgehead atoms. The van der Waals surface area contributed by atoms with E-state index in [1.54, 1.807) is 0 Å². The van der Waals surface area contributed by atoms with Crippen molar-refractivity contribution in [2.24, 2.45) is 0 Å². The van der Waals surface area contributed by atoms with Crippen molar-refractivity contribution >= 4 is 5.97 Å². The summed E-state index contributed by atoms with van der Waals surface area (Å²) in [5.74, 6) is 0.183. The van der Waals surface area contributed by atoms with Gasteiger partial charge in [-0.2, -0.15) is 0 Å². The Labute approximate surface area is 167 Å². The third-order valence-electron chi connectivity index (χ3n) is 4.26. The van der Waals surface area contributed by atoms with Crippen LogP contribution in [0.1, 0.15) is 50.8 Å². The highest BCUT2D eigenvalue weighted by atomic mass is 16.6. The molecule has 0 aliphatic carbocycles. The van der Waals surface area contributed by atoms with Crippen molar-refractivity contribution in [2.75, 3.05) is 13.2 Å². The van der Waals surface area contributed by atoms with Gasteiger partial charge in [0.2, 0.25) is 0 Å². The fraction of sp³-hybridized carbons (Fsp3) is 0.435. The molecule has 5 heteroatoms. The normalized spacial score (nSPS) is 13.5. The highest BCUT2D eigenvalue weighted by Crippen LogP contribution is 2.25. The van der Waals surface area contributed by atoms with Crippen LogP contribution in [0, 0.1) is 0 Å². The minimum absolute atomic E-state index is 0.230. The first kappa shape index (κ1) is 21.9. The van der Waals surface area contributed by atoms with E-state index in [9.17, 15) is 9.90 Å². The Hall–Kier alpha value is -2.37. The number of rotatable bonds is 11. The average molecular weight is 386 g/mol. The number of carboxylic acid groups (broad SMARTS) is 1. The van der Waals surface area contributed by atoms with E-state index in [0.717, 1.165) is 11.3 Å². The number of carbonyl (C=O) groups is 1. The first-order valence-corrected chi connectivity index (χ1v) is 9.66. The third kappa shape index (κ3) is 6.66. The number of aliphatic carboxylic acids is 1. The van der Waals surface area contributed by atoms with Crippen molar-refractivity contribution in [3.05, 3.63) is 65.7 Å². The topological polar surface area (TPSA) is 65.0 Å². The van der Waals surface area contributed by atoms with Gasteiger partial charge in [-0.1, -0.05) is 56.3 Å². The second kappa shape index (κ2) is 10.8. The van der Waals surface area contributed by atoms with Gasteiger partial charge in [0, 0.05) is 0 Å². The van der Waals surface area contributed by atoms with Crippen LogP contribution in [0.15, 0.2) is 54.6 Å². The lowest BCUT2D eigenvalue weighted by Crippen LogP contribution is -2.35. The summed E-state index contributed by atoms with van der Waals surface area (Å²) in [5.41, 5.74) is 2.01. The average Bonchev–Trinajstić information content (AvgIpc) is 2.67. The second-order valence-corrected chi connectivity index (χ2v) is 7.22. The second-order valence-electron chi connectivity index (χ2n) is 7.22. The fourth-order valence-corrected chi connectivity index (χ4v) is 2.84. The van der Waals surface area contributed by atoms with Crippen LogP contribution in [-0.4, -0.2) is 36.5 Å². The summed E-state index contributed by atoms with van der Waals surface area (Å²) in [6.45, 7) is 8.47. The third-order valence-corrected chi connectivity index (χ3v) is 4.26. The van der Waals surface area contributed by atoms with Crippen LogP contribution in [0.4, 0.5) is 0 Å². The van der Waals surface area contributed by atoms with Gasteiger partial charge >= 0.3 is 5.97 Å². The molecule has 152 valence electrons. The van der Waals surface area contributed by atoms with Crippen LogP contribution in [0.2, 0.25) is 0 Å². The molecule has 0 radical (unpaired) electrons. The molecule has 0 aromatic heterocycles. The standard InChI is InChI=1S/C23H30O5/c1-16(2)18-10-12-20(13-11-18)26-14-15-27-21(19-8-6-5-7-9-19)22(23(24)25)28-17(3)4/h5-13,16-17,21-22H,14-15H2,1-4H3,(H,24,25). The fourth-order valence-electron chi connectivity index (χ4n) is 2.84. The Morgan fingerprint density at radius 2 is 1.54 bits per heavy atom. The molecule has 5 nitrogen and oxygen atoms in total. The van der Waals surface area contributed by atoms with E-state index in [1.807, 2.05) is 68.4 Å². The van der Waals surface area contributed by atoms with Crippen LogP contribution < -0.4 is 4.74 Å². The molecule has 0 saturated heterocycles. The number of benzene rings is 2. The predicted molar refractivity (Wildman–Crippen MR) is 109 cm³/mol. The Bertz CT molecular complexity index is 710. The lowest BCUT2D eigenvalue weighted by atomic mass is 10.0. The van der Waals surface area contributed by atoms with Gasteiger partial charge in [0.1, 0.15) is 18.5 Å². The zero-order chi connectivity index (χ0) is 20.5. The molecule has 1 N–H and O–H groups in total. The molecule has 0 heterocycles. The maximum Gasteiger partial charge on any atom is 0.335 e. The number of carboxylic acids is 1. The molecule has 0 aliphatic heterocycles. The predicted octanol–water partition coefficient (Wildman–Crippen LogP) is 4.82. The molecular formula is C23H30O5. The smallest absolute Gasteiger partial charge is 0.335 e. The van der Waals surface area contributed by atoms with Crippen molar-refractivity contribution in [3.8, 4) is 5.75 Å². The number of hydrogen-bond donors (Lipinski definition) is 1. The Kier molecular flexibility index (Phi) is 8.48. The quantitative estimate of drug-likeness (QED) is 0.561. The molecule has 2 unspecified atom stereocenters. The molecule has 0 fully saturated rings. The SMILES string of the molecule is CC(C)OC(C(=O)O)C(OCCOc1ccc(C(C)C)cc1)c1ccccc1. The first-order valence-electron chi connectivity index (χ1n) is 9.66. The highest BCUT2D eigenvalue weighted by molar-refractivity contribution is 5.73. The van der Waals surface area contributed by atoms with E-state index in [4.69, 9.17) is 14.2 Å². The molecule has 2 atom stereocenters. The van der Waals surface area contributed by atoms with Crippen LogP contribution in [-0.2, 0) is 14.3 Å². The van der Waals surface area contributed by atoms with Gasteiger partial charge in [-0.15, -0.1) is 0 Å². The molecule has 2 rings (SSSR count). The lowest BCUT2D eigenvalue weighted by molar-refractivity contribution is -0.168. The minimum Gasteiger partial charge on any atom is -0.491 e. The number of hydrogen-bond acceptors (Lipinski definition) is 4. The molecule has 0 aliphatic rings. The van der Waals surface area contributed by atoms with Gasteiger partial charge in [0.25, 0.3) is 0 Å². The van der Waals surface area contributed by atoms with Crippen molar-refractivity contribution in [3.63, 3.8) is 0 Å². The van der Waals surface area contributed by atoms with Gasteiger partial charge in [-0.05, 0) is 43.0 Å². The van der Waals surface area contributed by atoms with Crippen molar-refractivity contribution < 1.29 is 24.1 Å². The van der Waals surface area contributed by atoms with E-state index in [2.05, 4.69) is 13.8 Å². The van der Waals surface area contributed by atoms with Crippen LogP contribution in [0.25, 0.3) is 0 Å². The minimum atomic E-state index is -1.09. The molecule has 28 heavy (non-hydrogen) atoms. The van der Waals surface area contributed by atoms with Gasteiger partial charge in [0.05, 0.1) is 12.7 Å². The molecule has 2 aromatic carbocycles. The van der Waals surface area contributed by atoms with Crippen LogP contribution >= 0.6 is 0 Å². The first-order chi connectivity index (χ1) is 13.4. The monoisotopic (exact) mass is 386 g/mol. The summed E-state index contributed by atoms with van der Waals surface area (Å²) in [6, 6.07) is 17.2. The summed E-state index contributed by atoms with van der Waals surface area (Å²) in [7, 11) is 0. The maximum absolute atomic E-state index is 11.8. The zero-order valence-electron chi connectivity index (χ0n) is 17.0. The van der Waals surface area contributed by atoms with Crippen molar-refractivity contribution in [1.82, 2.24) is 0 Å². The Morgan fingerprint density at radius 3 is 2.07 bits per heavy atom. The van der Waals surface area contributed by atoms with Crippen molar-refractivity contribution in [1.29, 1.82) is 0 Å². The van der Waals surface area contributed by atoms with E-state index >= 15 is 0 Å². The maximum atomic E-state index is 11.8. The summed E-state index contributed by atoms with van der Waals surface area (Å²) in [5, 5.41) is 9.62. The van der Waals surface area contributed by atoms with Gasteiger partial charge in [-0.25, -0.2) is 4.79 Å². The van der Waals surface area contributed by atoms with E-state index in [-0.39, 0.29) is 12.7 Å². The summed E-state index contributed by atoms with van der Waals surface area (Å²) in [6.07, 6.45) is -2.03. The molecule has 2 aromatic rings. The van der Waals surface area contributed by atoms with E-state index in [1.165, 1.54) is 5.56 Å². The lowest BCUT2D eigenvalue weighted by Gasteiger charge is -2.26. The highest BCUT2D eigenvalue weighted by Gasteiger charge is 2.32. The summed E-state index contributed by atoms with van der Waals surface area (Å²) < 4.78 is 17.3. The molecule has 0 spiro atoms. The molecule has 0 amide bonds. The Morgan fingerprint density at radius 1 is 0.893 bits per heavy atom. The van der Waals surface area contributed by atoms with Crippen molar-refractivity contribution in [2.45, 2.75) is 51.9 Å². The summed E-state index contributed by atoms with van der Waals surface area (Å²) >= 11 is 0. The van der Waals surface area contributed by atoms with Crippen LogP contribution in [0.5, 0.6) is 5.75 Å². The van der Waals surface area contributed by atoms with E-state index < -0.39 is 18.2 Å². The largest absolute Gasteiger partial charge is 0.491 e. The molecular weight excluding hydrogens is 356 g/mol. The van der Waals surface area contributed by atoms with Crippen LogP contribution in [0.3, 0.4) is 0 Å². The Balaban J connectivity index is 1.99. The van der Waals surface area contributed by atoms with E-state index in [0.29, 0.717) is 12.5 Å². The molecule has 0 saturated carbocycles. The summed E-state index contributed by atoms with van der Waals surface area (Å²) in [4.78, 5) is 11.8. The van der Waals surface area contributed by atoms with Gasteiger partial charge in [0.15, 0.2) is 6.10 Å². The van der Waals surface area contributed by atoms with Gasteiger partial charge < -0.3 is 19.3 Å².